The monoisotopic (exact) mass is 391 g/mol. The van der Waals surface area contributed by atoms with Gasteiger partial charge in [-0.1, -0.05) is 6.07 Å². The Balaban J connectivity index is 1.72. The second-order valence-electron chi connectivity index (χ2n) is 6.03. The van der Waals surface area contributed by atoms with Crippen molar-refractivity contribution in [2.75, 3.05) is 40.0 Å². The molecule has 0 bridgehead atoms. The summed E-state index contributed by atoms with van der Waals surface area (Å²) in [5.41, 5.74) is 0.00235. The van der Waals surface area contributed by atoms with Gasteiger partial charge in [-0.15, -0.1) is 11.3 Å². The number of methoxy groups -OCH3 is 1. The van der Waals surface area contributed by atoms with Crippen LogP contribution in [0.3, 0.4) is 0 Å². The summed E-state index contributed by atoms with van der Waals surface area (Å²) in [5, 5.41) is 16.1. The topological polar surface area (TPSA) is 93.9 Å². The Labute approximate surface area is 160 Å². The van der Waals surface area contributed by atoms with E-state index >= 15 is 0 Å². The number of carbonyl (C=O) groups is 1. The van der Waals surface area contributed by atoms with Crippen LogP contribution in [0.15, 0.2) is 35.7 Å². The van der Waals surface area contributed by atoms with Crippen LogP contribution in [0.1, 0.15) is 21.3 Å². The number of ether oxygens (including phenoxy) is 2. The summed E-state index contributed by atoms with van der Waals surface area (Å²) in [4.78, 5) is 26.6. The minimum absolute atomic E-state index is 0.0473. The Morgan fingerprint density at radius 1 is 1.41 bits per heavy atom. The van der Waals surface area contributed by atoms with E-state index in [0.717, 1.165) is 18.0 Å². The van der Waals surface area contributed by atoms with Crippen molar-refractivity contribution in [2.24, 2.45) is 0 Å². The zero-order chi connectivity index (χ0) is 19.2. The van der Waals surface area contributed by atoms with Gasteiger partial charge >= 0.3 is 5.69 Å². The molecule has 9 heteroatoms. The van der Waals surface area contributed by atoms with Crippen LogP contribution in [-0.2, 0) is 4.74 Å². The normalized spacial score (nSPS) is 15.9. The summed E-state index contributed by atoms with van der Waals surface area (Å²) in [6, 6.07) is 8.29. The zero-order valence-corrected chi connectivity index (χ0v) is 15.7. The fraction of sp³-hybridized carbons (Fsp3) is 0.389. The molecule has 1 atom stereocenters. The van der Waals surface area contributed by atoms with E-state index in [0.29, 0.717) is 19.8 Å². The van der Waals surface area contributed by atoms with Gasteiger partial charge in [0.05, 0.1) is 31.3 Å². The van der Waals surface area contributed by atoms with Gasteiger partial charge in [0.15, 0.2) is 5.75 Å². The number of nitrogens with one attached hydrogen (secondary N) is 1. The first kappa shape index (κ1) is 19.3. The number of amides is 1. The van der Waals surface area contributed by atoms with Gasteiger partial charge < -0.3 is 14.8 Å². The molecule has 1 aromatic heterocycles. The number of benzene rings is 1. The smallest absolute Gasteiger partial charge is 0.311 e. The molecule has 0 radical (unpaired) electrons. The average Bonchev–Trinajstić information content (AvgIpc) is 3.22. The van der Waals surface area contributed by atoms with Crippen molar-refractivity contribution in [1.29, 1.82) is 0 Å². The molecule has 144 valence electrons. The van der Waals surface area contributed by atoms with Crippen molar-refractivity contribution in [3.05, 3.63) is 56.3 Å². The van der Waals surface area contributed by atoms with Gasteiger partial charge in [0.25, 0.3) is 5.91 Å². The largest absolute Gasteiger partial charge is 0.490 e. The van der Waals surface area contributed by atoms with Crippen LogP contribution in [0, 0.1) is 10.1 Å². The number of nitrogens with zero attached hydrogens (tertiary/aromatic N) is 2. The Bertz CT molecular complexity index is 790. The van der Waals surface area contributed by atoms with E-state index in [1.165, 1.54) is 25.3 Å². The Morgan fingerprint density at radius 2 is 2.19 bits per heavy atom. The second-order valence-corrected chi connectivity index (χ2v) is 7.01. The van der Waals surface area contributed by atoms with Crippen LogP contribution >= 0.6 is 11.3 Å². The first-order chi connectivity index (χ1) is 13.1. The molecule has 1 saturated heterocycles. The Kier molecular flexibility index (Phi) is 6.38. The highest BCUT2D eigenvalue weighted by atomic mass is 32.1. The predicted octanol–water partition coefficient (Wildman–Crippen LogP) is 2.47. The summed E-state index contributed by atoms with van der Waals surface area (Å²) in [6.07, 6.45) is 0. The van der Waals surface area contributed by atoms with Gasteiger partial charge in [-0.05, 0) is 23.6 Å². The SMILES string of the molecule is COc1ccc(C(=O)NC[C@@H](c2cccs2)N2CCOCC2)cc1[N+](=O)[O-]. The molecular formula is C18H21N3O5S. The van der Waals surface area contributed by atoms with E-state index in [1.807, 2.05) is 11.4 Å². The summed E-state index contributed by atoms with van der Waals surface area (Å²) in [7, 11) is 1.36. The lowest BCUT2D eigenvalue weighted by atomic mass is 10.1. The number of thiophene rings is 1. The maximum atomic E-state index is 12.6. The molecule has 1 aliphatic rings. The van der Waals surface area contributed by atoms with Crippen LogP contribution in [0.5, 0.6) is 5.75 Å². The van der Waals surface area contributed by atoms with Crippen molar-refractivity contribution in [1.82, 2.24) is 10.2 Å². The third kappa shape index (κ3) is 4.62. The van der Waals surface area contributed by atoms with Crippen molar-refractivity contribution in [2.45, 2.75) is 6.04 Å². The van der Waals surface area contributed by atoms with E-state index in [-0.39, 0.29) is 28.9 Å². The fourth-order valence-electron chi connectivity index (χ4n) is 3.04. The molecule has 0 saturated carbocycles. The standard InChI is InChI=1S/C18H21N3O5S/c1-25-16-5-4-13(11-14(16)21(23)24)18(22)19-12-15(17-3-2-10-27-17)20-6-8-26-9-7-20/h2-5,10-11,15H,6-9,12H2,1H3,(H,19,22)/t15-/m0/s1. The van der Waals surface area contributed by atoms with E-state index < -0.39 is 4.92 Å². The van der Waals surface area contributed by atoms with Gasteiger partial charge in [0.2, 0.25) is 0 Å². The summed E-state index contributed by atoms with van der Waals surface area (Å²) >= 11 is 1.64. The molecule has 1 aromatic carbocycles. The van der Waals surface area contributed by atoms with Crippen molar-refractivity contribution < 1.29 is 19.2 Å². The predicted molar refractivity (Wildman–Crippen MR) is 101 cm³/mol. The Morgan fingerprint density at radius 3 is 2.81 bits per heavy atom. The van der Waals surface area contributed by atoms with Crippen molar-refractivity contribution in [3.8, 4) is 5.75 Å². The molecule has 0 spiro atoms. The van der Waals surface area contributed by atoms with Crippen LogP contribution in [0.2, 0.25) is 0 Å². The van der Waals surface area contributed by atoms with Gasteiger partial charge in [-0.25, -0.2) is 0 Å². The van der Waals surface area contributed by atoms with Crippen LogP contribution in [0.4, 0.5) is 5.69 Å². The first-order valence-electron chi connectivity index (χ1n) is 8.56. The number of morpholine rings is 1. The lowest BCUT2D eigenvalue weighted by molar-refractivity contribution is -0.385. The third-order valence-corrected chi connectivity index (χ3v) is 5.43. The third-order valence-electron chi connectivity index (χ3n) is 4.45. The number of nitro groups is 1. The number of rotatable bonds is 7. The first-order valence-corrected chi connectivity index (χ1v) is 9.44. The second kappa shape index (κ2) is 8.94. The van der Waals surface area contributed by atoms with Gasteiger partial charge in [0.1, 0.15) is 0 Å². The number of carbonyl (C=O) groups excluding carboxylic acids is 1. The van der Waals surface area contributed by atoms with E-state index in [9.17, 15) is 14.9 Å². The fourth-order valence-corrected chi connectivity index (χ4v) is 3.91. The van der Waals surface area contributed by atoms with E-state index in [4.69, 9.17) is 9.47 Å². The maximum Gasteiger partial charge on any atom is 0.311 e. The molecule has 3 rings (SSSR count). The van der Waals surface area contributed by atoms with Crippen molar-refractivity contribution in [3.63, 3.8) is 0 Å². The summed E-state index contributed by atoms with van der Waals surface area (Å²) in [6.45, 7) is 3.35. The van der Waals surface area contributed by atoms with E-state index in [1.54, 1.807) is 11.3 Å². The molecule has 0 aliphatic carbocycles. The average molecular weight is 391 g/mol. The minimum Gasteiger partial charge on any atom is -0.490 e. The number of hydrogen-bond acceptors (Lipinski definition) is 7. The molecule has 1 N–H and O–H groups in total. The lowest BCUT2D eigenvalue weighted by Gasteiger charge is -2.34. The maximum absolute atomic E-state index is 12.6. The molecule has 0 unspecified atom stereocenters. The molecule has 1 amide bonds. The highest BCUT2D eigenvalue weighted by Gasteiger charge is 2.25. The highest BCUT2D eigenvalue weighted by Crippen LogP contribution is 2.28. The molecule has 2 heterocycles. The lowest BCUT2D eigenvalue weighted by Crippen LogP contribution is -2.43. The highest BCUT2D eigenvalue weighted by molar-refractivity contribution is 7.10. The molecular weight excluding hydrogens is 370 g/mol. The van der Waals surface area contributed by atoms with Gasteiger partial charge in [-0.2, -0.15) is 0 Å². The number of hydrogen-bond donors (Lipinski definition) is 1. The number of nitro benzene ring substituents is 1. The molecule has 1 fully saturated rings. The summed E-state index contributed by atoms with van der Waals surface area (Å²) in [5.74, 6) is -0.225. The van der Waals surface area contributed by atoms with Crippen LogP contribution in [-0.4, -0.2) is 55.7 Å². The van der Waals surface area contributed by atoms with Crippen LogP contribution < -0.4 is 10.1 Å². The molecule has 27 heavy (non-hydrogen) atoms. The Hall–Kier alpha value is -2.49. The zero-order valence-electron chi connectivity index (χ0n) is 14.9. The molecule has 8 nitrogen and oxygen atoms in total. The molecule has 2 aromatic rings. The van der Waals surface area contributed by atoms with Gasteiger partial charge in [-0.3, -0.25) is 19.8 Å². The minimum atomic E-state index is -0.558. The van der Waals surface area contributed by atoms with Gasteiger partial charge in [0, 0.05) is 36.1 Å². The van der Waals surface area contributed by atoms with Crippen LogP contribution in [0.25, 0.3) is 0 Å². The van der Waals surface area contributed by atoms with E-state index in [2.05, 4.69) is 16.3 Å². The van der Waals surface area contributed by atoms with Crippen molar-refractivity contribution >= 4 is 22.9 Å². The quantitative estimate of drug-likeness (QED) is 0.576. The summed E-state index contributed by atoms with van der Waals surface area (Å²) < 4.78 is 10.4. The molecule has 1 aliphatic heterocycles.